The minimum absolute atomic E-state index is 0.135. The lowest BCUT2D eigenvalue weighted by molar-refractivity contribution is -0.130. The molecule has 1 atom stereocenters. The van der Waals surface area contributed by atoms with E-state index in [1.807, 2.05) is 43.3 Å². The van der Waals surface area contributed by atoms with Gasteiger partial charge in [-0.2, -0.15) is 0 Å². The van der Waals surface area contributed by atoms with E-state index in [4.69, 9.17) is 9.47 Å². The zero-order valence-electron chi connectivity index (χ0n) is 17.7. The maximum absolute atomic E-state index is 12.9. The van der Waals surface area contributed by atoms with Gasteiger partial charge in [0.05, 0.1) is 20.3 Å². The first-order chi connectivity index (χ1) is 14.0. The SMILES string of the molecule is COCCn1nnnc1C1(N(C)C)CCN(C(=O)CCc2ccccc2OC)C1. The molecule has 1 aromatic heterocycles. The Kier molecular flexibility index (Phi) is 6.81. The van der Waals surface area contributed by atoms with Crippen LogP contribution in [0.3, 0.4) is 0 Å². The van der Waals surface area contributed by atoms with Gasteiger partial charge >= 0.3 is 0 Å². The highest BCUT2D eigenvalue weighted by molar-refractivity contribution is 5.77. The van der Waals surface area contributed by atoms with E-state index in [0.717, 1.165) is 23.6 Å². The standard InChI is InChI=1S/C20H30N6O3/c1-24(2)20(19-21-22-23-26(19)13-14-28-3)11-12-25(15-20)18(27)10-9-16-7-5-6-8-17(16)29-4/h5-8H,9-15H2,1-4H3. The Bertz CT molecular complexity index is 824. The van der Waals surface area contributed by atoms with Crippen molar-refractivity contribution in [3.05, 3.63) is 35.7 Å². The number of aryl methyl sites for hydroxylation is 1. The van der Waals surface area contributed by atoms with Crippen LogP contribution in [-0.2, 0) is 28.0 Å². The second-order valence-electron chi connectivity index (χ2n) is 7.52. The van der Waals surface area contributed by atoms with Crippen LogP contribution in [0.4, 0.5) is 0 Å². The maximum Gasteiger partial charge on any atom is 0.222 e. The molecule has 2 heterocycles. The van der Waals surface area contributed by atoms with Crippen LogP contribution in [-0.4, -0.2) is 83.9 Å². The molecule has 0 spiro atoms. The number of aromatic nitrogens is 4. The van der Waals surface area contributed by atoms with Crippen LogP contribution >= 0.6 is 0 Å². The average Bonchev–Trinajstić information content (AvgIpc) is 3.38. The molecule has 158 valence electrons. The maximum atomic E-state index is 12.9. The summed E-state index contributed by atoms with van der Waals surface area (Å²) in [7, 11) is 7.33. The molecule has 1 amide bonds. The third kappa shape index (κ3) is 4.40. The summed E-state index contributed by atoms with van der Waals surface area (Å²) < 4.78 is 12.4. The molecule has 1 fully saturated rings. The van der Waals surface area contributed by atoms with E-state index in [-0.39, 0.29) is 5.91 Å². The van der Waals surface area contributed by atoms with Crippen LogP contribution in [0.2, 0.25) is 0 Å². The zero-order chi connectivity index (χ0) is 20.9. The summed E-state index contributed by atoms with van der Waals surface area (Å²) in [5, 5.41) is 12.3. The molecule has 9 nitrogen and oxygen atoms in total. The zero-order valence-corrected chi connectivity index (χ0v) is 17.7. The van der Waals surface area contributed by atoms with Crippen molar-refractivity contribution < 1.29 is 14.3 Å². The molecule has 1 aliphatic rings. The smallest absolute Gasteiger partial charge is 0.222 e. The molecule has 0 radical (unpaired) electrons. The molecule has 1 saturated heterocycles. The summed E-state index contributed by atoms with van der Waals surface area (Å²) in [4.78, 5) is 17.0. The normalized spacial score (nSPS) is 19.1. The van der Waals surface area contributed by atoms with E-state index in [2.05, 4.69) is 20.4 Å². The molecule has 9 heteroatoms. The van der Waals surface area contributed by atoms with Gasteiger partial charge in [0.2, 0.25) is 5.91 Å². The molecule has 0 saturated carbocycles. The molecule has 2 aromatic rings. The number of carbonyl (C=O) groups is 1. The van der Waals surface area contributed by atoms with Crippen LogP contribution in [0.5, 0.6) is 5.75 Å². The number of likely N-dealkylation sites (N-methyl/N-ethyl adjacent to an activating group) is 1. The minimum atomic E-state index is -0.405. The van der Waals surface area contributed by atoms with Gasteiger partial charge in [-0.3, -0.25) is 9.69 Å². The van der Waals surface area contributed by atoms with Gasteiger partial charge < -0.3 is 14.4 Å². The number of carbonyl (C=O) groups excluding carboxylic acids is 1. The molecule has 1 aromatic carbocycles. The average molecular weight is 402 g/mol. The highest BCUT2D eigenvalue weighted by atomic mass is 16.5. The van der Waals surface area contributed by atoms with E-state index < -0.39 is 5.54 Å². The topological polar surface area (TPSA) is 85.6 Å². The summed E-state index contributed by atoms with van der Waals surface area (Å²) in [6, 6.07) is 7.83. The quantitative estimate of drug-likeness (QED) is 0.617. The molecule has 29 heavy (non-hydrogen) atoms. The lowest BCUT2D eigenvalue weighted by Gasteiger charge is -2.34. The van der Waals surface area contributed by atoms with Crippen molar-refractivity contribution in [2.75, 3.05) is 48.0 Å². The molecule has 0 aliphatic carbocycles. The van der Waals surface area contributed by atoms with Crippen molar-refractivity contribution in [1.82, 2.24) is 30.0 Å². The number of rotatable bonds is 9. The Morgan fingerprint density at radius 2 is 2.07 bits per heavy atom. The lowest BCUT2D eigenvalue weighted by Crippen LogP contribution is -2.47. The molecule has 1 unspecified atom stereocenters. The third-order valence-electron chi connectivity index (χ3n) is 5.71. The van der Waals surface area contributed by atoms with Gasteiger partial charge in [-0.15, -0.1) is 5.10 Å². The molecule has 3 rings (SSSR count). The lowest BCUT2D eigenvalue weighted by atomic mass is 9.96. The van der Waals surface area contributed by atoms with Crippen LogP contribution in [0.25, 0.3) is 0 Å². The van der Waals surface area contributed by atoms with Gasteiger partial charge in [0, 0.05) is 26.6 Å². The third-order valence-corrected chi connectivity index (χ3v) is 5.71. The molecule has 0 N–H and O–H groups in total. The van der Waals surface area contributed by atoms with E-state index in [1.54, 1.807) is 18.9 Å². The molecule has 0 bridgehead atoms. The van der Waals surface area contributed by atoms with E-state index in [9.17, 15) is 4.79 Å². The molecular weight excluding hydrogens is 372 g/mol. The number of hydrogen-bond acceptors (Lipinski definition) is 7. The van der Waals surface area contributed by atoms with Crippen LogP contribution in [0.1, 0.15) is 24.2 Å². The fourth-order valence-electron chi connectivity index (χ4n) is 3.93. The van der Waals surface area contributed by atoms with Crippen molar-refractivity contribution in [2.45, 2.75) is 31.3 Å². The summed E-state index contributed by atoms with van der Waals surface area (Å²) in [5.74, 6) is 1.73. The number of methoxy groups -OCH3 is 2. The Balaban J connectivity index is 1.70. The Labute approximate surface area is 171 Å². The first-order valence-electron chi connectivity index (χ1n) is 9.84. The highest BCUT2D eigenvalue weighted by Gasteiger charge is 2.47. The Morgan fingerprint density at radius 1 is 1.28 bits per heavy atom. The summed E-state index contributed by atoms with van der Waals surface area (Å²) in [6.07, 6.45) is 1.88. The number of nitrogens with zero attached hydrogens (tertiary/aromatic N) is 6. The van der Waals surface area contributed by atoms with Gasteiger partial charge in [-0.25, -0.2) is 4.68 Å². The van der Waals surface area contributed by atoms with Crippen molar-refractivity contribution in [1.29, 1.82) is 0 Å². The Morgan fingerprint density at radius 3 is 2.79 bits per heavy atom. The van der Waals surface area contributed by atoms with Gasteiger partial charge in [0.1, 0.15) is 11.3 Å². The number of ether oxygens (including phenoxy) is 2. The number of para-hydroxylation sites is 1. The molecular formula is C20H30N6O3. The van der Waals surface area contributed by atoms with Crippen molar-refractivity contribution in [2.24, 2.45) is 0 Å². The highest BCUT2D eigenvalue weighted by Crippen LogP contribution is 2.35. The van der Waals surface area contributed by atoms with Crippen molar-refractivity contribution >= 4 is 5.91 Å². The van der Waals surface area contributed by atoms with Gasteiger partial charge in [-0.1, -0.05) is 18.2 Å². The minimum Gasteiger partial charge on any atom is -0.496 e. The summed E-state index contributed by atoms with van der Waals surface area (Å²) in [6.45, 7) is 2.36. The number of amides is 1. The monoisotopic (exact) mass is 402 g/mol. The predicted octanol–water partition coefficient (Wildman–Crippen LogP) is 0.950. The van der Waals surface area contributed by atoms with E-state index >= 15 is 0 Å². The van der Waals surface area contributed by atoms with Crippen LogP contribution in [0, 0.1) is 0 Å². The number of hydrogen-bond donors (Lipinski definition) is 0. The predicted molar refractivity (Wildman–Crippen MR) is 108 cm³/mol. The van der Waals surface area contributed by atoms with Gasteiger partial charge in [0.25, 0.3) is 0 Å². The van der Waals surface area contributed by atoms with Gasteiger partial charge in [0.15, 0.2) is 5.82 Å². The second-order valence-corrected chi connectivity index (χ2v) is 7.52. The summed E-state index contributed by atoms with van der Waals surface area (Å²) in [5.41, 5.74) is 0.641. The van der Waals surface area contributed by atoms with E-state index in [0.29, 0.717) is 39.1 Å². The Hall–Kier alpha value is -2.52. The fourth-order valence-corrected chi connectivity index (χ4v) is 3.93. The number of likely N-dealkylation sites (tertiary alicyclic amines) is 1. The first-order valence-corrected chi connectivity index (χ1v) is 9.84. The van der Waals surface area contributed by atoms with Crippen LogP contribution in [0.15, 0.2) is 24.3 Å². The summed E-state index contributed by atoms with van der Waals surface area (Å²) >= 11 is 0. The second kappa shape index (κ2) is 9.32. The molecule has 1 aliphatic heterocycles. The van der Waals surface area contributed by atoms with Crippen molar-refractivity contribution in [3.63, 3.8) is 0 Å². The first kappa shape index (κ1) is 21.2. The largest absolute Gasteiger partial charge is 0.496 e. The van der Waals surface area contributed by atoms with Crippen LogP contribution < -0.4 is 4.74 Å². The number of tetrazole rings is 1. The van der Waals surface area contributed by atoms with Gasteiger partial charge in [-0.05, 0) is 49.0 Å². The van der Waals surface area contributed by atoms with E-state index in [1.165, 1.54) is 0 Å². The fraction of sp³-hybridized carbons (Fsp3) is 0.600. The van der Waals surface area contributed by atoms with Crippen molar-refractivity contribution in [3.8, 4) is 5.75 Å². The number of benzene rings is 1.